The van der Waals surface area contributed by atoms with Gasteiger partial charge in [0.15, 0.2) is 0 Å². The van der Waals surface area contributed by atoms with Crippen molar-refractivity contribution in [3.05, 3.63) is 41.6 Å². The standard InChI is InChI=1S/C17H21N7O/c1-11(2)24(10-15-18-21-17(25-15)14-7-8-14)9-12-3-5-13(6-4-12)16-19-22-23-20-16/h3-6,11,14H,7-10H2,1-2H3,(H,19,20,22,23). The topological polar surface area (TPSA) is 96.6 Å². The van der Waals surface area contributed by atoms with Gasteiger partial charge in [-0.3, -0.25) is 4.90 Å². The first-order valence-corrected chi connectivity index (χ1v) is 8.58. The van der Waals surface area contributed by atoms with Crippen molar-refractivity contribution in [2.24, 2.45) is 0 Å². The van der Waals surface area contributed by atoms with E-state index in [1.54, 1.807) is 0 Å². The average Bonchev–Trinajstić information content (AvgIpc) is 3.12. The summed E-state index contributed by atoms with van der Waals surface area (Å²) in [5, 5.41) is 22.4. The highest BCUT2D eigenvalue weighted by Crippen LogP contribution is 2.39. The Bertz CT molecular complexity index is 806. The van der Waals surface area contributed by atoms with E-state index in [0.29, 0.717) is 30.2 Å². The lowest BCUT2D eigenvalue weighted by molar-refractivity contribution is 0.182. The van der Waals surface area contributed by atoms with Crippen molar-refractivity contribution in [3.63, 3.8) is 0 Å². The summed E-state index contributed by atoms with van der Waals surface area (Å²) >= 11 is 0. The van der Waals surface area contributed by atoms with E-state index in [1.807, 2.05) is 12.1 Å². The summed E-state index contributed by atoms with van der Waals surface area (Å²) in [7, 11) is 0. The molecule has 0 unspecified atom stereocenters. The third-order valence-corrected chi connectivity index (χ3v) is 4.42. The minimum atomic E-state index is 0.369. The molecule has 0 amide bonds. The Labute approximate surface area is 145 Å². The van der Waals surface area contributed by atoms with Gasteiger partial charge < -0.3 is 4.42 Å². The summed E-state index contributed by atoms with van der Waals surface area (Å²) in [5.41, 5.74) is 2.16. The van der Waals surface area contributed by atoms with Gasteiger partial charge in [0.05, 0.1) is 6.54 Å². The highest BCUT2D eigenvalue weighted by molar-refractivity contribution is 5.54. The Morgan fingerprint density at radius 3 is 2.56 bits per heavy atom. The van der Waals surface area contributed by atoms with Crippen LogP contribution in [0.1, 0.15) is 50.0 Å². The van der Waals surface area contributed by atoms with E-state index >= 15 is 0 Å². The Morgan fingerprint density at radius 1 is 1.12 bits per heavy atom. The molecular formula is C17H21N7O. The molecule has 1 aromatic carbocycles. The average molecular weight is 339 g/mol. The largest absolute Gasteiger partial charge is 0.424 e. The van der Waals surface area contributed by atoms with Crippen LogP contribution in [0, 0.1) is 0 Å². The molecule has 0 spiro atoms. The number of aromatic nitrogens is 6. The molecule has 1 saturated carbocycles. The van der Waals surface area contributed by atoms with Crippen molar-refractivity contribution < 1.29 is 4.42 Å². The molecule has 25 heavy (non-hydrogen) atoms. The summed E-state index contributed by atoms with van der Waals surface area (Å²) in [6, 6.07) is 8.57. The zero-order valence-electron chi connectivity index (χ0n) is 14.4. The Morgan fingerprint density at radius 2 is 1.92 bits per heavy atom. The molecule has 0 bridgehead atoms. The van der Waals surface area contributed by atoms with Crippen molar-refractivity contribution in [2.75, 3.05) is 0 Å². The van der Waals surface area contributed by atoms with Gasteiger partial charge in [0, 0.05) is 24.1 Å². The van der Waals surface area contributed by atoms with E-state index in [9.17, 15) is 0 Å². The SMILES string of the molecule is CC(C)N(Cc1ccc(-c2nn[nH]n2)cc1)Cc1nnc(C2CC2)o1. The molecule has 8 nitrogen and oxygen atoms in total. The van der Waals surface area contributed by atoms with Crippen LogP contribution in [0.5, 0.6) is 0 Å². The second-order valence-electron chi connectivity index (χ2n) is 6.74. The van der Waals surface area contributed by atoms with Gasteiger partial charge in [-0.15, -0.1) is 20.4 Å². The summed E-state index contributed by atoms with van der Waals surface area (Å²) in [4.78, 5) is 2.31. The molecule has 130 valence electrons. The number of hydrogen-bond acceptors (Lipinski definition) is 7. The lowest BCUT2D eigenvalue weighted by Crippen LogP contribution is -2.30. The van der Waals surface area contributed by atoms with Gasteiger partial charge in [-0.05, 0) is 37.5 Å². The van der Waals surface area contributed by atoms with Crippen LogP contribution in [-0.4, -0.2) is 41.8 Å². The van der Waals surface area contributed by atoms with Gasteiger partial charge >= 0.3 is 0 Å². The first-order chi connectivity index (χ1) is 12.2. The Balaban J connectivity index is 1.43. The van der Waals surface area contributed by atoms with Crippen molar-refractivity contribution in [1.82, 2.24) is 35.7 Å². The summed E-state index contributed by atoms with van der Waals surface area (Å²) in [5.74, 6) is 2.58. The van der Waals surface area contributed by atoms with Crippen molar-refractivity contribution >= 4 is 0 Å². The normalized spacial score (nSPS) is 14.6. The fourth-order valence-corrected chi connectivity index (χ4v) is 2.70. The van der Waals surface area contributed by atoms with Crippen molar-refractivity contribution in [3.8, 4) is 11.4 Å². The zero-order valence-corrected chi connectivity index (χ0v) is 14.4. The van der Waals surface area contributed by atoms with Crippen LogP contribution in [0.4, 0.5) is 0 Å². The van der Waals surface area contributed by atoms with E-state index in [1.165, 1.54) is 18.4 Å². The molecule has 2 aromatic heterocycles. The molecule has 0 radical (unpaired) electrons. The minimum Gasteiger partial charge on any atom is -0.424 e. The number of nitrogens with one attached hydrogen (secondary N) is 1. The monoisotopic (exact) mass is 339 g/mol. The highest BCUT2D eigenvalue weighted by Gasteiger charge is 2.29. The minimum absolute atomic E-state index is 0.369. The Hall–Kier alpha value is -2.61. The number of nitrogens with zero attached hydrogens (tertiary/aromatic N) is 6. The maximum absolute atomic E-state index is 5.80. The predicted molar refractivity (Wildman–Crippen MR) is 90.3 cm³/mol. The van der Waals surface area contributed by atoms with Crippen molar-refractivity contribution in [2.45, 2.75) is 51.7 Å². The molecule has 4 rings (SSSR count). The molecule has 1 aliphatic carbocycles. The van der Waals surface area contributed by atoms with Crippen LogP contribution in [0.3, 0.4) is 0 Å². The molecule has 0 atom stereocenters. The smallest absolute Gasteiger partial charge is 0.230 e. The fraction of sp³-hybridized carbons (Fsp3) is 0.471. The van der Waals surface area contributed by atoms with Gasteiger partial charge in [-0.2, -0.15) is 5.21 Å². The molecule has 1 fully saturated rings. The first-order valence-electron chi connectivity index (χ1n) is 8.58. The lowest BCUT2D eigenvalue weighted by atomic mass is 10.1. The van der Waals surface area contributed by atoms with Crippen LogP contribution in [0.25, 0.3) is 11.4 Å². The predicted octanol–water partition coefficient (Wildman–Crippen LogP) is 2.54. The van der Waals surface area contributed by atoms with Gasteiger partial charge in [0.1, 0.15) is 0 Å². The van der Waals surface area contributed by atoms with Crippen LogP contribution in [0.15, 0.2) is 28.7 Å². The summed E-state index contributed by atoms with van der Waals surface area (Å²) < 4.78 is 5.80. The second kappa shape index (κ2) is 6.72. The van der Waals surface area contributed by atoms with E-state index in [4.69, 9.17) is 4.42 Å². The van der Waals surface area contributed by atoms with Crippen LogP contribution in [-0.2, 0) is 13.1 Å². The molecule has 8 heteroatoms. The maximum atomic E-state index is 5.80. The molecule has 2 heterocycles. The molecule has 0 saturated heterocycles. The molecule has 1 N–H and O–H groups in total. The van der Waals surface area contributed by atoms with Crippen molar-refractivity contribution in [1.29, 1.82) is 0 Å². The third-order valence-electron chi connectivity index (χ3n) is 4.42. The number of benzene rings is 1. The summed E-state index contributed by atoms with van der Waals surface area (Å²) in [6.07, 6.45) is 2.34. The van der Waals surface area contributed by atoms with E-state index in [2.05, 4.69) is 61.7 Å². The van der Waals surface area contributed by atoms with Crippen LogP contribution >= 0.6 is 0 Å². The quantitative estimate of drug-likeness (QED) is 0.706. The van der Waals surface area contributed by atoms with Gasteiger partial charge in [0.25, 0.3) is 0 Å². The molecule has 0 aliphatic heterocycles. The number of rotatable bonds is 7. The van der Waals surface area contributed by atoms with E-state index < -0.39 is 0 Å². The summed E-state index contributed by atoms with van der Waals surface area (Å²) in [6.45, 7) is 5.81. The number of H-pyrrole nitrogens is 1. The molecule has 3 aromatic rings. The molecular weight excluding hydrogens is 318 g/mol. The van der Waals surface area contributed by atoms with Gasteiger partial charge in [-0.25, -0.2) is 0 Å². The van der Waals surface area contributed by atoms with Crippen LogP contribution in [0.2, 0.25) is 0 Å². The zero-order chi connectivity index (χ0) is 17.2. The molecule has 1 aliphatic rings. The number of tetrazole rings is 1. The lowest BCUT2D eigenvalue weighted by Gasteiger charge is -2.24. The highest BCUT2D eigenvalue weighted by atomic mass is 16.4. The van der Waals surface area contributed by atoms with E-state index in [-0.39, 0.29) is 0 Å². The third kappa shape index (κ3) is 3.74. The number of aromatic amines is 1. The van der Waals surface area contributed by atoms with E-state index in [0.717, 1.165) is 18.0 Å². The van der Waals surface area contributed by atoms with Gasteiger partial charge in [-0.1, -0.05) is 24.3 Å². The van der Waals surface area contributed by atoms with Gasteiger partial charge in [0.2, 0.25) is 17.6 Å². The number of hydrogen-bond donors (Lipinski definition) is 1. The maximum Gasteiger partial charge on any atom is 0.230 e. The first kappa shape index (κ1) is 15.9. The second-order valence-corrected chi connectivity index (χ2v) is 6.74. The Kier molecular flexibility index (Phi) is 4.27. The fourth-order valence-electron chi connectivity index (χ4n) is 2.70. The van der Waals surface area contributed by atoms with Crippen LogP contribution < -0.4 is 0 Å².